The van der Waals surface area contributed by atoms with Crippen LogP contribution in [0.4, 0.5) is 5.69 Å². The maximum atomic E-state index is 12.3. The molecule has 1 aromatic rings. The summed E-state index contributed by atoms with van der Waals surface area (Å²) >= 11 is 0. The van der Waals surface area contributed by atoms with Crippen LogP contribution < -0.4 is 5.32 Å². The Balaban J connectivity index is 1.70. The number of hydrogen-bond donors (Lipinski definition) is 1. The molecule has 0 bridgehead atoms. The Morgan fingerprint density at radius 1 is 1.50 bits per heavy atom. The van der Waals surface area contributed by atoms with E-state index < -0.39 is 0 Å². The quantitative estimate of drug-likeness (QED) is 0.894. The van der Waals surface area contributed by atoms with E-state index in [0.29, 0.717) is 5.41 Å². The molecule has 0 aromatic carbocycles. The van der Waals surface area contributed by atoms with E-state index in [4.69, 9.17) is 4.52 Å². The predicted molar refractivity (Wildman–Crippen MR) is 68.3 cm³/mol. The zero-order valence-corrected chi connectivity index (χ0v) is 11.1. The molecule has 1 amide bonds. The lowest BCUT2D eigenvalue weighted by molar-refractivity contribution is -0.118. The molecule has 1 unspecified atom stereocenters. The van der Waals surface area contributed by atoms with Crippen molar-refractivity contribution >= 4 is 11.6 Å². The molecule has 4 nitrogen and oxygen atoms in total. The first-order chi connectivity index (χ1) is 8.66. The summed E-state index contributed by atoms with van der Waals surface area (Å²) in [7, 11) is 0. The maximum Gasteiger partial charge on any atom is 0.228 e. The lowest BCUT2D eigenvalue weighted by atomic mass is 10.0. The maximum absolute atomic E-state index is 12.3. The van der Waals surface area contributed by atoms with Crippen LogP contribution in [0.2, 0.25) is 0 Å². The molecule has 4 heteroatoms. The van der Waals surface area contributed by atoms with E-state index in [1.807, 2.05) is 13.8 Å². The summed E-state index contributed by atoms with van der Waals surface area (Å²) in [4.78, 5) is 12.3. The summed E-state index contributed by atoms with van der Waals surface area (Å²) in [6.07, 6.45) is 6.87. The second kappa shape index (κ2) is 4.11. The van der Waals surface area contributed by atoms with E-state index >= 15 is 0 Å². The molecular formula is C14H20N2O2. The van der Waals surface area contributed by atoms with E-state index in [1.54, 1.807) is 0 Å². The molecule has 1 atom stereocenters. The van der Waals surface area contributed by atoms with Gasteiger partial charge in [0.05, 0.1) is 0 Å². The fraction of sp³-hybridized carbons (Fsp3) is 0.714. The summed E-state index contributed by atoms with van der Waals surface area (Å²) in [5, 5.41) is 6.95. The van der Waals surface area contributed by atoms with Gasteiger partial charge in [-0.3, -0.25) is 4.79 Å². The molecule has 98 valence electrons. The van der Waals surface area contributed by atoms with Crippen LogP contribution in [0.25, 0.3) is 0 Å². The molecule has 0 saturated heterocycles. The number of rotatable bonds is 3. The van der Waals surface area contributed by atoms with E-state index in [1.165, 1.54) is 25.7 Å². The molecule has 3 rings (SSSR count). The van der Waals surface area contributed by atoms with E-state index in [-0.39, 0.29) is 11.8 Å². The Morgan fingerprint density at radius 2 is 2.22 bits per heavy atom. The summed E-state index contributed by atoms with van der Waals surface area (Å²) in [5.41, 5.74) is 1.92. The number of carbonyl (C=O) groups is 1. The second-order valence-corrected chi connectivity index (χ2v) is 5.74. The number of nitrogens with one attached hydrogen (secondary N) is 1. The summed E-state index contributed by atoms with van der Waals surface area (Å²) in [6, 6.07) is 0. The number of hydrogen-bond acceptors (Lipinski definition) is 3. The highest BCUT2D eigenvalue weighted by Gasteiger charge is 2.58. The minimum absolute atomic E-state index is 0.165. The number of amides is 1. The fourth-order valence-electron chi connectivity index (χ4n) is 3.38. The normalized spacial score (nSPS) is 24.4. The van der Waals surface area contributed by atoms with Gasteiger partial charge in [-0.15, -0.1) is 0 Å². The van der Waals surface area contributed by atoms with Crippen LogP contribution in [0, 0.1) is 18.3 Å². The van der Waals surface area contributed by atoms with Gasteiger partial charge in [0, 0.05) is 12.3 Å². The van der Waals surface area contributed by atoms with Gasteiger partial charge in [0.1, 0.15) is 11.4 Å². The van der Waals surface area contributed by atoms with Crippen molar-refractivity contribution in [2.45, 2.75) is 52.4 Å². The molecule has 2 saturated carbocycles. The monoisotopic (exact) mass is 248 g/mol. The number of aryl methyl sites for hydroxylation is 2. The van der Waals surface area contributed by atoms with E-state index in [9.17, 15) is 4.79 Å². The first-order valence-corrected chi connectivity index (χ1v) is 6.92. The summed E-state index contributed by atoms with van der Waals surface area (Å²) < 4.78 is 5.20. The molecule has 1 N–H and O–H groups in total. The molecule has 1 spiro atoms. The molecule has 1 aromatic heterocycles. The molecule has 0 radical (unpaired) electrons. The standard InChI is InChI=1S/C14H20N2O2/c1-3-11-12(9(2)16-18-11)15-13(17)10-8-14(10)6-4-5-7-14/h10H,3-8H2,1-2H3,(H,15,17). The van der Waals surface area contributed by atoms with Gasteiger partial charge in [0.2, 0.25) is 5.91 Å². The largest absolute Gasteiger partial charge is 0.359 e. The molecule has 2 aliphatic rings. The van der Waals surface area contributed by atoms with Crippen molar-refractivity contribution in [3.63, 3.8) is 0 Å². The Hall–Kier alpha value is -1.32. The first kappa shape index (κ1) is 11.8. The zero-order valence-electron chi connectivity index (χ0n) is 11.1. The van der Waals surface area contributed by atoms with Gasteiger partial charge in [0.15, 0.2) is 5.76 Å². The topological polar surface area (TPSA) is 55.1 Å². The molecule has 2 fully saturated rings. The molecular weight excluding hydrogens is 228 g/mol. The van der Waals surface area contributed by atoms with Crippen LogP contribution in [0.5, 0.6) is 0 Å². The third kappa shape index (κ3) is 1.74. The Morgan fingerprint density at radius 3 is 2.89 bits per heavy atom. The average Bonchev–Trinajstić information content (AvgIpc) is 2.67. The Bertz CT molecular complexity index is 472. The molecule has 0 aliphatic heterocycles. The first-order valence-electron chi connectivity index (χ1n) is 6.92. The van der Waals surface area contributed by atoms with Crippen molar-refractivity contribution in [3.05, 3.63) is 11.5 Å². The smallest absolute Gasteiger partial charge is 0.228 e. The average molecular weight is 248 g/mol. The molecule has 1 heterocycles. The van der Waals surface area contributed by atoms with Gasteiger partial charge in [-0.2, -0.15) is 0 Å². The summed E-state index contributed by atoms with van der Waals surface area (Å²) in [5.74, 6) is 1.17. The lowest BCUT2D eigenvalue weighted by Gasteiger charge is -2.08. The van der Waals surface area contributed by atoms with Gasteiger partial charge in [-0.1, -0.05) is 24.9 Å². The van der Waals surface area contributed by atoms with Crippen LogP contribution in [0.15, 0.2) is 4.52 Å². The number of nitrogens with zero attached hydrogens (tertiary/aromatic N) is 1. The highest BCUT2D eigenvalue weighted by molar-refractivity contribution is 5.96. The predicted octanol–water partition coefficient (Wildman–Crippen LogP) is 3.06. The highest BCUT2D eigenvalue weighted by Crippen LogP contribution is 2.63. The zero-order chi connectivity index (χ0) is 12.8. The van der Waals surface area contributed by atoms with Gasteiger partial charge in [-0.25, -0.2) is 0 Å². The third-order valence-corrected chi connectivity index (χ3v) is 4.61. The minimum atomic E-state index is 0.165. The van der Waals surface area contributed by atoms with E-state index in [0.717, 1.165) is 30.0 Å². The number of anilines is 1. The fourth-order valence-corrected chi connectivity index (χ4v) is 3.38. The van der Waals surface area contributed by atoms with Crippen LogP contribution in [0.3, 0.4) is 0 Å². The van der Waals surface area contributed by atoms with Crippen molar-refractivity contribution in [2.75, 3.05) is 5.32 Å². The van der Waals surface area contributed by atoms with Crippen molar-refractivity contribution < 1.29 is 9.32 Å². The van der Waals surface area contributed by atoms with Gasteiger partial charge in [-0.05, 0) is 31.6 Å². The number of carbonyl (C=O) groups excluding carboxylic acids is 1. The van der Waals surface area contributed by atoms with Gasteiger partial charge >= 0.3 is 0 Å². The van der Waals surface area contributed by atoms with Crippen molar-refractivity contribution in [3.8, 4) is 0 Å². The second-order valence-electron chi connectivity index (χ2n) is 5.74. The van der Waals surface area contributed by atoms with Crippen LogP contribution in [-0.4, -0.2) is 11.1 Å². The minimum Gasteiger partial charge on any atom is -0.359 e. The van der Waals surface area contributed by atoms with Crippen LogP contribution >= 0.6 is 0 Å². The lowest BCUT2D eigenvalue weighted by Crippen LogP contribution is -2.18. The molecule has 18 heavy (non-hydrogen) atoms. The summed E-state index contributed by atoms with van der Waals surface area (Å²) in [6.45, 7) is 3.88. The highest BCUT2D eigenvalue weighted by atomic mass is 16.5. The third-order valence-electron chi connectivity index (χ3n) is 4.61. The molecule has 2 aliphatic carbocycles. The van der Waals surface area contributed by atoms with Crippen molar-refractivity contribution in [1.29, 1.82) is 0 Å². The SMILES string of the molecule is CCc1onc(C)c1NC(=O)C1CC12CCCC2. The number of aromatic nitrogens is 1. The van der Waals surface area contributed by atoms with Crippen molar-refractivity contribution in [1.82, 2.24) is 5.16 Å². The van der Waals surface area contributed by atoms with Crippen LogP contribution in [0.1, 0.15) is 50.5 Å². The van der Waals surface area contributed by atoms with E-state index in [2.05, 4.69) is 10.5 Å². The van der Waals surface area contributed by atoms with Crippen LogP contribution in [-0.2, 0) is 11.2 Å². The van der Waals surface area contributed by atoms with Gasteiger partial charge < -0.3 is 9.84 Å². The Labute approximate surface area is 107 Å². The van der Waals surface area contributed by atoms with Crippen molar-refractivity contribution in [2.24, 2.45) is 11.3 Å². The Kier molecular flexibility index (Phi) is 2.68. The van der Waals surface area contributed by atoms with Gasteiger partial charge in [0.25, 0.3) is 0 Å².